The molecule has 0 aliphatic heterocycles. The molecule has 0 radical (unpaired) electrons. The van der Waals surface area contributed by atoms with Crippen molar-refractivity contribution < 1.29 is 0 Å². The van der Waals surface area contributed by atoms with Crippen LogP contribution in [0.25, 0.3) is 28.0 Å². The number of aryl methyl sites for hydroxylation is 1. The average Bonchev–Trinajstić information content (AvgIpc) is 2.98. The molecule has 0 aliphatic carbocycles. The van der Waals surface area contributed by atoms with Gasteiger partial charge in [-0.25, -0.2) is 14.6 Å². The van der Waals surface area contributed by atoms with E-state index in [1.807, 2.05) is 48.1 Å². The minimum Gasteiger partial charge on any atom is -0.260 e. The lowest BCUT2D eigenvalue weighted by Crippen LogP contribution is -2.00. The first-order valence-electron chi connectivity index (χ1n) is 7.10. The molecule has 0 spiro atoms. The van der Waals surface area contributed by atoms with E-state index in [1.54, 1.807) is 12.4 Å². The molecule has 4 aromatic rings. The van der Waals surface area contributed by atoms with E-state index in [0.717, 1.165) is 33.7 Å². The number of rotatable bonds is 2. The van der Waals surface area contributed by atoms with Crippen molar-refractivity contribution in [3.8, 4) is 17.1 Å². The predicted octanol–water partition coefficient (Wildman–Crippen LogP) is 3.95. The number of hydrogen-bond acceptors (Lipinski definition) is 4. The van der Waals surface area contributed by atoms with Gasteiger partial charge in [0.2, 0.25) is 0 Å². The Bertz CT molecular complexity index is 1010. The van der Waals surface area contributed by atoms with Gasteiger partial charge in [0.15, 0.2) is 5.82 Å². The molecule has 0 saturated carbocycles. The number of nitrogens with zero attached hydrogens (tertiary/aromatic N) is 5. The van der Waals surface area contributed by atoms with Crippen molar-refractivity contribution in [1.82, 2.24) is 24.7 Å². The highest BCUT2D eigenvalue weighted by Crippen LogP contribution is 2.25. The van der Waals surface area contributed by atoms with Crippen LogP contribution < -0.4 is 0 Å². The number of hydrogen-bond donors (Lipinski definition) is 0. The van der Waals surface area contributed by atoms with Gasteiger partial charge in [0.1, 0.15) is 4.60 Å². The van der Waals surface area contributed by atoms with Gasteiger partial charge in [-0.3, -0.25) is 4.98 Å². The standard InChI is InChI=1S/C17H12BrN5/c1-11-3-2-4-17(21-11)23-15-7-12(5-6-13(15)8-20-23)14-9-19-10-16(18)22-14/h2-10H,1H3. The molecule has 0 saturated heterocycles. The summed E-state index contributed by atoms with van der Waals surface area (Å²) < 4.78 is 2.56. The number of halogens is 1. The Morgan fingerprint density at radius 2 is 1.91 bits per heavy atom. The maximum atomic E-state index is 4.55. The highest BCUT2D eigenvalue weighted by Gasteiger charge is 2.09. The van der Waals surface area contributed by atoms with E-state index in [9.17, 15) is 0 Å². The number of benzene rings is 1. The second-order valence-corrected chi connectivity index (χ2v) is 6.01. The number of fused-ring (bicyclic) bond motifs is 1. The quantitative estimate of drug-likeness (QED) is 0.539. The molecule has 6 heteroatoms. The van der Waals surface area contributed by atoms with Crippen molar-refractivity contribution in [2.75, 3.05) is 0 Å². The highest BCUT2D eigenvalue weighted by molar-refractivity contribution is 9.10. The van der Waals surface area contributed by atoms with Crippen LogP contribution in [-0.2, 0) is 0 Å². The van der Waals surface area contributed by atoms with E-state index in [-0.39, 0.29) is 0 Å². The molecular formula is C17H12BrN5. The third-order valence-corrected chi connectivity index (χ3v) is 3.94. The minimum absolute atomic E-state index is 0.712. The van der Waals surface area contributed by atoms with Crippen LogP contribution in [0.1, 0.15) is 5.69 Å². The maximum absolute atomic E-state index is 4.55. The second kappa shape index (κ2) is 5.55. The van der Waals surface area contributed by atoms with Crippen LogP contribution in [0, 0.1) is 6.92 Å². The summed E-state index contributed by atoms with van der Waals surface area (Å²) >= 11 is 3.36. The molecular weight excluding hydrogens is 354 g/mol. The zero-order chi connectivity index (χ0) is 15.8. The minimum atomic E-state index is 0.712. The molecule has 0 bridgehead atoms. The zero-order valence-electron chi connectivity index (χ0n) is 12.3. The van der Waals surface area contributed by atoms with Crippen LogP contribution in [0.15, 0.2) is 59.6 Å². The van der Waals surface area contributed by atoms with Crippen molar-refractivity contribution in [3.63, 3.8) is 0 Å². The second-order valence-electron chi connectivity index (χ2n) is 5.19. The third-order valence-electron chi connectivity index (χ3n) is 3.56. The van der Waals surface area contributed by atoms with Crippen LogP contribution in [0.4, 0.5) is 0 Å². The highest BCUT2D eigenvalue weighted by atomic mass is 79.9. The molecule has 0 atom stereocenters. The fraction of sp³-hybridized carbons (Fsp3) is 0.0588. The fourth-order valence-corrected chi connectivity index (χ4v) is 2.80. The Labute approximate surface area is 141 Å². The summed E-state index contributed by atoms with van der Waals surface area (Å²) in [6.07, 6.45) is 5.26. The van der Waals surface area contributed by atoms with Gasteiger partial charge in [-0.15, -0.1) is 0 Å². The summed E-state index contributed by atoms with van der Waals surface area (Å²) in [5.74, 6) is 0.803. The van der Waals surface area contributed by atoms with E-state index < -0.39 is 0 Å². The third kappa shape index (κ3) is 2.61. The first-order chi connectivity index (χ1) is 11.2. The molecule has 23 heavy (non-hydrogen) atoms. The van der Waals surface area contributed by atoms with Crippen LogP contribution in [-0.4, -0.2) is 24.7 Å². The Kier molecular flexibility index (Phi) is 3.38. The molecule has 3 aromatic heterocycles. The Balaban J connectivity index is 1.90. The van der Waals surface area contributed by atoms with Crippen molar-refractivity contribution >= 4 is 26.8 Å². The van der Waals surface area contributed by atoms with Gasteiger partial charge >= 0.3 is 0 Å². The normalized spacial score (nSPS) is 11.0. The number of aromatic nitrogens is 5. The van der Waals surface area contributed by atoms with Gasteiger partial charge in [-0.2, -0.15) is 5.10 Å². The largest absolute Gasteiger partial charge is 0.260 e. The summed E-state index contributed by atoms with van der Waals surface area (Å²) in [6.45, 7) is 1.97. The van der Waals surface area contributed by atoms with Gasteiger partial charge in [-0.05, 0) is 41.1 Å². The molecule has 3 heterocycles. The van der Waals surface area contributed by atoms with Crippen molar-refractivity contribution in [2.24, 2.45) is 0 Å². The van der Waals surface area contributed by atoms with Crippen molar-refractivity contribution in [1.29, 1.82) is 0 Å². The molecule has 4 rings (SSSR count). The van der Waals surface area contributed by atoms with E-state index in [1.165, 1.54) is 0 Å². The van der Waals surface area contributed by atoms with Gasteiger partial charge in [0.05, 0.1) is 29.8 Å². The lowest BCUT2D eigenvalue weighted by molar-refractivity contribution is 0.867. The van der Waals surface area contributed by atoms with E-state index in [2.05, 4.69) is 42.0 Å². The summed E-state index contributed by atoms with van der Waals surface area (Å²) in [6, 6.07) is 12.0. The van der Waals surface area contributed by atoms with E-state index in [0.29, 0.717) is 4.60 Å². The molecule has 0 fully saturated rings. The molecule has 112 valence electrons. The lowest BCUT2D eigenvalue weighted by Gasteiger charge is -2.05. The molecule has 1 aromatic carbocycles. The smallest absolute Gasteiger partial charge is 0.154 e. The summed E-state index contributed by atoms with van der Waals surface area (Å²) in [5.41, 5.74) is 3.74. The Morgan fingerprint density at radius 3 is 2.74 bits per heavy atom. The Morgan fingerprint density at radius 1 is 1.00 bits per heavy atom. The summed E-state index contributed by atoms with van der Waals surface area (Å²) in [7, 11) is 0. The summed E-state index contributed by atoms with van der Waals surface area (Å²) in [5, 5.41) is 5.52. The van der Waals surface area contributed by atoms with Gasteiger partial charge in [0, 0.05) is 16.6 Å². The predicted molar refractivity (Wildman–Crippen MR) is 92.3 cm³/mol. The molecule has 0 amide bonds. The zero-order valence-corrected chi connectivity index (χ0v) is 13.9. The van der Waals surface area contributed by atoms with Gasteiger partial charge in [-0.1, -0.05) is 18.2 Å². The summed E-state index contributed by atoms with van der Waals surface area (Å²) in [4.78, 5) is 13.2. The molecule has 5 nitrogen and oxygen atoms in total. The SMILES string of the molecule is Cc1cccc(-n2ncc3ccc(-c4cncc(Br)n4)cc32)n1. The molecule has 0 unspecified atom stereocenters. The van der Waals surface area contributed by atoms with Crippen LogP contribution in [0.5, 0.6) is 0 Å². The molecule has 0 N–H and O–H groups in total. The van der Waals surface area contributed by atoms with Crippen LogP contribution in [0.3, 0.4) is 0 Å². The van der Waals surface area contributed by atoms with Gasteiger partial charge in [0.25, 0.3) is 0 Å². The van der Waals surface area contributed by atoms with Crippen molar-refractivity contribution in [3.05, 3.63) is 65.3 Å². The first-order valence-corrected chi connectivity index (χ1v) is 7.90. The van der Waals surface area contributed by atoms with E-state index >= 15 is 0 Å². The van der Waals surface area contributed by atoms with Crippen molar-refractivity contribution in [2.45, 2.75) is 6.92 Å². The fourth-order valence-electron chi connectivity index (χ4n) is 2.49. The lowest BCUT2D eigenvalue weighted by atomic mass is 10.1. The van der Waals surface area contributed by atoms with Crippen LogP contribution >= 0.6 is 15.9 Å². The topological polar surface area (TPSA) is 56.5 Å². The van der Waals surface area contributed by atoms with E-state index in [4.69, 9.17) is 0 Å². The van der Waals surface area contributed by atoms with Crippen LogP contribution in [0.2, 0.25) is 0 Å². The number of pyridine rings is 1. The van der Waals surface area contributed by atoms with Gasteiger partial charge < -0.3 is 0 Å². The maximum Gasteiger partial charge on any atom is 0.154 e. The first kappa shape index (κ1) is 14.0. The molecule has 0 aliphatic rings. The average molecular weight is 366 g/mol. The monoisotopic (exact) mass is 365 g/mol. The Hall–Kier alpha value is -2.60.